The maximum absolute atomic E-state index is 13.0. The van der Waals surface area contributed by atoms with Gasteiger partial charge in [-0.05, 0) is 77.0 Å². The number of carbonyl (C=O) groups excluding carboxylic acids is 1. The Bertz CT molecular complexity index is 1340. The van der Waals surface area contributed by atoms with Crippen LogP contribution in [-0.2, 0) is 14.3 Å². The van der Waals surface area contributed by atoms with Crippen molar-refractivity contribution in [2.24, 2.45) is 0 Å². The van der Waals surface area contributed by atoms with Gasteiger partial charge >= 0.3 is 0 Å². The Morgan fingerprint density at radius 3 is 1.41 bits per heavy atom. The highest BCUT2D eigenvalue weighted by Gasteiger charge is 2.44. The van der Waals surface area contributed by atoms with Gasteiger partial charge in [-0.25, -0.2) is 0 Å². The van der Waals surface area contributed by atoms with Gasteiger partial charge in [-0.1, -0.05) is 227 Å². The number of amides is 1. The first-order valence-electron chi connectivity index (χ1n) is 27.8. The van der Waals surface area contributed by atoms with Gasteiger partial charge in [0.05, 0.1) is 25.4 Å². The van der Waals surface area contributed by atoms with Gasteiger partial charge in [0, 0.05) is 6.42 Å². The molecular weight excluding hydrogens is 851 g/mol. The third kappa shape index (κ3) is 37.2. The molecule has 392 valence electrons. The minimum atomic E-state index is -1.58. The van der Waals surface area contributed by atoms with E-state index in [4.69, 9.17) is 9.47 Å². The van der Waals surface area contributed by atoms with E-state index >= 15 is 0 Å². The molecule has 0 saturated carbocycles. The number of allylic oxidation sites excluding steroid dienone is 13. The second-order valence-corrected chi connectivity index (χ2v) is 19.0. The minimum Gasteiger partial charge on any atom is -0.394 e. The summed E-state index contributed by atoms with van der Waals surface area (Å²) in [6.45, 7) is 3.65. The molecule has 0 aromatic rings. The van der Waals surface area contributed by atoms with Crippen LogP contribution in [0.15, 0.2) is 85.1 Å². The Labute approximate surface area is 416 Å². The number of ether oxygens (including phenoxy) is 2. The Kier molecular flexibility index (Phi) is 44.8. The van der Waals surface area contributed by atoms with E-state index in [-0.39, 0.29) is 12.5 Å². The van der Waals surface area contributed by atoms with Gasteiger partial charge in [0.2, 0.25) is 5.91 Å². The molecule has 6 N–H and O–H groups in total. The zero-order chi connectivity index (χ0) is 49.4. The molecule has 9 heteroatoms. The van der Waals surface area contributed by atoms with Crippen molar-refractivity contribution in [2.45, 2.75) is 269 Å². The Morgan fingerprint density at radius 1 is 0.515 bits per heavy atom. The molecule has 1 heterocycles. The highest BCUT2D eigenvalue weighted by Crippen LogP contribution is 2.23. The number of carbonyl (C=O) groups is 1. The van der Waals surface area contributed by atoms with Crippen LogP contribution >= 0.6 is 0 Å². The fourth-order valence-electron chi connectivity index (χ4n) is 8.32. The van der Waals surface area contributed by atoms with Gasteiger partial charge in [-0.3, -0.25) is 4.79 Å². The van der Waals surface area contributed by atoms with Gasteiger partial charge in [0.15, 0.2) is 6.29 Å². The topological polar surface area (TPSA) is 149 Å². The number of nitrogens with one attached hydrogen (secondary N) is 1. The summed E-state index contributed by atoms with van der Waals surface area (Å²) >= 11 is 0. The molecule has 7 unspecified atom stereocenters. The largest absolute Gasteiger partial charge is 0.394 e. The summed E-state index contributed by atoms with van der Waals surface area (Å²) in [4.78, 5) is 13.0. The average Bonchev–Trinajstić information content (AvgIpc) is 3.34. The minimum absolute atomic E-state index is 0.196. The first-order chi connectivity index (χ1) is 33.3. The van der Waals surface area contributed by atoms with Crippen LogP contribution in [0.25, 0.3) is 0 Å². The summed E-state index contributed by atoms with van der Waals surface area (Å²) < 4.78 is 11.2. The van der Waals surface area contributed by atoms with Crippen molar-refractivity contribution >= 4 is 5.91 Å². The van der Waals surface area contributed by atoms with Crippen molar-refractivity contribution in [3.05, 3.63) is 85.1 Å². The molecule has 0 aromatic carbocycles. The highest BCUT2D eigenvalue weighted by molar-refractivity contribution is 5.76. The fraction of sp³-hybridized carbons (Fsp3) is 0.746. The molecule has 0 aliphatic carbocycles. The number of aliphatic hydroxyl groups is 5. The lowest BCUT2D eigenvalue weighted by atomic mass is 9.99. The standard InChI is InChI=1S/C59H103NO8/c1-3-5-7-9-11-13-15-17-19-21-23-25-26-27-28-29-31-33-35-37-39-41-43-45-47-49-55(63)60-52(51-67-59-58(66)57(65)56(64)54(50-61)68-59)53(62)48-46-44-42-40-38-36-34-32-30-24-22-20-18-16-14-12-10-8-6-4-2/h5,7,11,13,17,19,23,25,27-28,38,40,46,48,52-54,56-59,61-62,64-66H,3-4,6,8-10,12,14-16,18,20-22,24,26,29-37,39,41-45,47,49-51H2,1-2H3,(H,60,63)/b7-5-,13-11-,19-17-,25-23-,28-27-,40-38+,48-46+. The molecule has 9 nitrogen and oxygen atoms in total. The number of hydrogen-bond acceptors (Lipinski definition) is 8. The van der Waals surface area contributed by atoms with E-state index in [1.54, 1.807) is 6.08 Å². The van der Waals surface area contributed by atoms with Gasteiger partial charge in [0.25, 0.3) is 0 Å². The fourth-order valence-corrected chi connectivity index (χ4v) is 8.32. The van der Waals surface area contributed by atoms with E-state index < -0.39 is 49.5 Å². The van der Waals surface area contributed by atoms with Gasteiger partial charge in [0.1, 0.15) is 24.4 Å². The summed E-state index contributed by atoms with van der Waals surface area (Å²) in [7, 11) is 0. The van der Waals surface area contributed by atoms with Crippen LogP contribution in [-0.4, -0.2) is 87.5 Å². The molecule has 68 heavy (non-hydrogen) atoms. The highest BCUT2D eigenvalue weighted by atomic mass is 16.7. The molecule has 1 aliphatic rings. The second kappa shape index (κ2) is 48.0. The molecule has 0 radical (unpaired) electrons. The normalized spacial score (nSPS) is 20.2. The molecule has 1 aliphatic heterocycles. The lowest BCUT2D eigenvalue weighted by Gasteiger charge is -2.40. The predicted octanol–water partition coefficient (Wildman–Crippen LogP) is 13.5. The predicted molar refractivity (Wildman–Crippen MR) is 285 cm³/mol. The van der Waals surface area contributed by atoms with E-state index in [1.807, 2.05) is 6.08 Å². The lowest BCUT2D eigenvalue weighted by Crippen LogP contribution is -2.60. The quantitative estimate of drug-likeness (QED) is 0.0261. The molecule has 0 aromatic heterocycles. The Morgan fingerprint density at radius 2 is 0.926 bits per heavy atom. The van der Waals surface area contributed by atoms with E-state index in [0.717, 1.165) is 83.5 Å². The van der Waals surface area contributed by atoms with Crippen molar-refractivity contribution < 1.29 is 39.8 Å². The van der Waals surface area contributed by atoms with E-state index in [9.17, 15) is 30.3 Å². The number of hydrogen-bond donors (Lipinski definition) is 6. The van der Waals surface area contributed by atoms with E-state index in [1.165, 1.54) is 122 Å². The molecule has 0 bridgehead atoms. The van der Waals surface area contributed by atoms with Crippen molar-refractivity contribution in [1.82, 2.24) is 5.32 Å². The monoisotopic (exact) mass is 954 g/mol. The third-order valence-electron chi connectivity index (χ3n) is 12.7. The smallest absolute Gasteiger partial charge is 0.220 e. The molecular formula is C59H103NO8. The summed E-state index contributed by atoms with van der Waals surface area (Å²) in [5, 5.41) is 54.4. The average molecular weight is 954 g/mol. The zero-order valence-corrected chi connectivity index (χ0v) is 43.3. The van der Waals surface area contributed by atoms with E-state index in [2.05, 4.69) is 92.1 Å². The van der Waals surface area contributed by atoms with Crippen molar-refractivity contribution in [1.29, 1.82) is 0 Å². The number of aliphatic hydroxyl groups excluding tert-OH is 5. The molecule has 1 rings (SSSR count). The van der Waals surface area contributed by atoms with Crippen LogP contribution in [0.2, 0.25) is 0 Å². The first-order valence-corrected chi connectivity index (χ1v) is 27.8. The summed E-state index contributed by atoms with van der Waals surface area (Å²) in [5.74, 6) is -0.196. The molecule has 0 spiro atoms. The van der Waals surface area contributed by atoms with Crippen molar-refractivity contribution in [3.8, 4) is 0 Å². The third-order valence-corrected chi connectivity index (χ3v) is 12.7. The maximum Gasteiger partial charge on any atom is 0.220 e. The van der Waals surface area contributed by atoms with Crippen LogP contribution in [0.5, 0.6) is 0 Å². The maximum atomic E-state index is 13.0. The zero-order valence-electron chi connectivity index (χ0n) is 43.3. The van der Waals surface area contributed by atoms with Crippen LogP contribution < -0.4 is 5.32 Å². The number of rotatable bonds is 46. The Hall–Kier alpha value is -2.63. The van der Waals surface area contributed by atoms with Crippen molar-refractivity contribution in [3.63, 3.8) is 0 Å². The number of unbranched alkanes of at least 4 members (excludes halogenated alkanes) is 24. The lowest BCUT2D eigenvalue weighted by molar-refractivity contribution is -0.302. The summed E-state index contributed by atoms with van der Waals surface area (Å²) in [6, 6.07) is -0.831. The summed E-state index contributed by atoms with van der Waals surface area (Å²) in [6.07, 6.45) is 60.6. The Balaban J connectivity index is 2.28. The second-order valence-electron chi connectivity index (χ2n) is 19.0. The molecule has 1 saturated heterocycles. The van der Waals surface area contributed by atoms with Crippen LogP contribution in [0.3, 0.4) is 0 Å². The molecule has 1 fully saturated rings. The van der Waals surface area contributed by atoms with E-state index in [0.29, 0.717) is 6.42 Å². The van der Waals surface area contributed by atoms with Crippen molar-refractivity contribution in [2.75, 3.05) is 13.2 Å². The van der Waals surface area contributed by atoms with Crippen LogP contribution in [0.4, 0.5) is 0 Å². The molecule has 7 atom stereocenters. The molecule has 1 amide bonds. The van der Waals surface area contributed by atoms with Gasteiger partial charge in [-0.2, -0.15) is 0 Å². The van der Waals surface area contributed by atoms with Gasteiger partial charge < -0.3 is 40.3 Å². The van der Waals surface area contributed by atoms with Crippen LogP contribution in [0.1, 0.15) is 226 Å². The summed E-state index contributed by atoms with van der Waals surface area (Å²) in [5.41, 5.74) is 0. The first kappa shape index (κ1) is 63.4. The van der Waals surface area contributed by atoms with Crippen LogP contribution in [0, 0.1) is 0 Å². The van der Waals surface area contributed by atoms with Gasteiger partial charge in [-0.15, -0.1) is 0 Å². The SMILES string of the molecule is CC/C=C\C/C=C\C/C=C\C/C=C\C/C=C\CCCCCCCCCCCC(=O)NC(COC1OC(CO)C(O)C(O)C1O)C(O)/C=C/CC/C=C/CCCCCCCCCCCCCCCC.